The van der Waals surface area contributed by atoms with Crippen molar-refractivity contribution in [2.45, 2.75) is 18.5 Å². The maximum Gasteiger partial charge on any atom is 0.101 e. The number of benzene rings is 6. The van der Waals surface area contributed by atoms with Gasteiger partial charge in [-0.05, 0) is 57.0 Å². The Bertz CT molecular complexity index is 2270. The maximum atomic E-state index is 3.87. The molecule has 3 unspecified atom stereocenters. The van der Waals surface area contributed by atoms with Crippen molar-refractivity contribution in [1.29, 1.82) is 0 Å². The van der Waals surface area contributed by atoms with Gasteiger partial charge in [0.15, 0.2) is 0 Å². The van der Waals surface area contributed by atoms with Crippen molar-refractivity contribution in [3.05, 3.63) is 162 Å². The van der Waals surface area contributed by atoms with Gasteiger partial charge in [0.2, 0.25) is 0 Å². The lowest BCUT2D eigenvalue weighted by Gasteiger charge is -2.41. The first-order chi connectivity index (χ1) is 22.3. The summed E-state index contributed by atoms with van der Waals surface area (Å²) in [6.45, 7) is 0.717. The van der Waals surface area contributed by atoms with E-state index in [-0.39, 0.29) is 18.5 Å². The number of nitrogens with one attached hydrogen (secondary N) is 4. The van der Waals surface area contributed by atoms with Crippen LogP contribution >= 0.6 is 0 Å². The van der Waals surface area contributed by atoms with Crippen molar-refractivity contribution in [2.75, 3.05) is 6.54 Å². The summed E-state index contributed by atoms with van der Waals surface area (Å²) in [6, 6.07) is 47.8. The number of hydrogen-bond donors (Lipinski definition) is 4. The van der Waals surface area contributed by atoms with Crippen molar-refractivity contribution in [3.8, 4) is 0 Å². The minimum absolute atomic E-state index is 0.0277. The third kappa shape index (κ3) is 4.44. The zero-order valence-electron chi connectivity index (χ0n) is 24.7. The van der Waals surface area contributed by atoms with Crippen molar-refractivity contribution in [3.63, 3.8) is 0 Å². The van der Waals surface area contributed by atoms with E-state index in [0.29, 0.717) is 6.54 Å². The summed E-state index contributed by atoms with van der Waals surface area (Å²) < 4.78 is 2.42. The number of aromatic nitrogens is 1. The summed E-state index contributed by atoms with van der Waals surface area (Å²) in [5, 5.41) is 23.0. The fraction of sp³-hybridized carbons (Fsp3) is 0.100. The second kappa shape index (κ2) is 10.8. The van der Waals surface area contributed by atoms with Gasteiger partial charge in [0.05, 0.1) is 29.9 Å². The van der Waals surface area contributed by atoms with E-state index in [1.54, 1.807) is 0 Å². The molecule has 45 heavy (non-hydrogen) atoms. The number of allylic oxidation sites excluding steroid dienone is 2. The van der Waals surface area contributed by atoms with E-state index in [9.17, 15) is 0 Å². The molecule has 2 aliphatic heterocycles. The molecule has 9 rings (SSSR count). The molecular weight excluding hydrogens is 550 g/mol. The zero-order valence-corrected chi connectivity index (χ0v) is 24.7. The van der Waals surface area contributed by atoms with Crippen LogP contribution in [-0.2, 0) is 0 Å². The first kappa shape index (κ1) is 26.2. The topological polar surface area (TPSA) is 53.0 Å². The van der Waals surface area contributed by atoms with Crippen LogP contribution in [0.3, 0.4) is 0 Å². The van der Waals surface area contributed by atoms with Gasteiger partial charge in [-0.3, -0.25) is 16.0 Å². The van der Waals surface area contributed by atoms with Gasteiger partial charge in [-0.25, -0.2) is 0 Å². The Morgan fingerprint density at radius 2 is 1.16 bits per heavy atom. The Morgan fingerprint density at radius 1 is 0.489 bits per heavy atom. The van der Waals surface area contributed by atoms with Crippen LogP contribution in [0.5, 0.6) is 0 Å². The smallest absolute Gasteiger partial charge is 0.101 e. The minimum Gasteiger partial charge on any atom is -0.380 e. The lowest BCUT2D eigenvalue weighted by Crippen LogP contribution is -2.61. The molecule has 1 saturated heterocycles. The van der Waals surface area contributed by atoms with E-state index in [1.807, 2.05) is 0 Å². The summed E-state index contributed by atoms with van der Waals surface area (Å²) in [5.41, 5.74) is 7.26. The number of dihydropyridines is 1. The standard InChI is InChI=1S/C40H33N5/c1-2-13-28(14-3-1)38-42-39(32-19-10-15-26-11-4-6-16-30(26)32)44-40(43-38)34-23-22-29(25-41-34)45-35-20-9-8-18-33(35)37-31-17-7-5-12-27(31)21-24-36(37)45/h1-24,38-44H,25H2. The SMILES string of the molecule is C1=C(C2NC(c3ccccc3)NC(c3cccc4ccccc34)N2)NCC(n2c3ccccc3c3c4ccccc4ccc32)=C1. The molecular formula is C40H33N5. The highest BCUT2D eigenvalue weighted by atomic mass is 15.4. The number of para-hydroxylation sites is 1. The third-order valence-corrected chi connectivity index (χ3v) is 9.36. The Balaban J connectivity index is 1.12. The molecule has 0 saturated carbocycles. The molecule has 2 aliphatic rings. The zero-order chi connectivity index (χ0) is 29.7. The molecule has 0 radical (unpaired) electrons. The van der Waals surface area contributed by atoms with E-state index in [4.69, 9.17) is 0 Å². The van der Waals surface area contributed by atoms with Gasteiger partial charge in [0.25, 0.3) is 0 Å². The Labute approximate surface area is 261 Å². The summed E-state index contributed by atoms with van der Waals surface area (Å²) in [4.78, 5) is 0. The summed E-state index contributed by atoms with van der Waals surface area (Å²) >= 11 is 0. The molecule has 4 N–H and O–H groups in total. The van der Waals surface area contributed by atoms with E-state index >= 15 is 0 Å². The molecule has 1 aromatic heterocycles. The molecule has 1 fully saturated rings. The van der Waals surface area contributed by atoms with Crippen molar-refractivity contribution in [2.24, 2.45) is 0 Å². The van der Waals surface area contributed by atoms with E-state index < -0.39 is 0 Å². The lowest BCUT2D eigenvalue weighted by molar-refractivity contribution is 0.218. The molecule has 6 aromatic carbocycles. The summed E-state index contributed by atoms with van der Waals surface area (Å²) in [7, 11) is 0. The maximum absolute atomic E-state index is 3.87. The van der Waals surface area contributed by atoms with Gasteiger partial charge in [0, 0.05) is 22.2 Å². The van der Waals surface area contributed by atoms with Crippen LogP contribution < -0.4 is 21.3 Å². The summed E-state index contributed by atoms with van der Waals surface area (Å²) in [5.74, 6) is 0. The van der Waals surface area contributed by atoms with Crippen LogP contribution in [0.2, 0.25) is 0 Å². The Morgan fingerprint density at radius 3 is 1.98 bits per heavy atom. The number of hydrogen-bond acceptors (Lipinski definition) is 4. The Hall–Kier alpha value is -5.20. The molecule has 3 heterocycles. The minimum atomic E-state index is -0.0830. The molecule has 5 nitrogen and oxygen atoms in total. The third-order valence-electron chi connectivity index (χ3n) is 9.36. The highest BCUT2D eigenvalue weighted by molar-refractivity contribution is 6.21. The molecule has 0 bridgehead atoms. The van der Waals surface area contributed by atoms with Gasteiger partial charge in [-0.2, -0.15) is 0 Å². The second-order valence-electron chi connectivity index (χ2n) is 11.9. The number of rotatable bonds is 4. The van der Waals surface area contributed by atoms with E-state index in [0.717, 1.165) is 5.70 Å². The lowest BCUT2D eigenvalue weighted by atomic mass is 10.00. The molecule has 5 heteroatoms. The van der Waals surface area contributed by atoms with Gasteiger partial charge in [-0.15, -0.1) is 0 Å². The van der Waals surface area contributed by atoms with Gasteiger partial charge in [-0.1, -0.05) is 121 Å². The predicted molar refractivity (Wildman–Crippen MR) is 186 cm³/mol. The fourth-order valence-corrected chi connectivity index (χ4v) is 7.24. The monoisotopic (exact) mass is 583 g/mol. The number of fused-ring (bicyclic) bond motifs is 6. The molecule has 0 aliphatic carbocycles. The fourth-order valence-electron chi connectivity index (χ4n) is 7.24. The highest BCUT2D eigenvalue weighted by Crippen LogP contribution is 2.37. The average molecular weight is 584 g/mol. The second-order valence-corrected chi connectivity index (χ2v) is 11.9. The average Bonchev–Trinajstić information content (AvgIpc) is 3.46. The van der Waals surface area contributed by atoms with Crippen LogP contribution in [-0.4, -0.2) is 17.3 Å². The van der Waals surface area contributed by atoms with Crippen LogP contribution in [0.1, 0.15) is 23.5 Å². The summed E-state index contributed by atoms with van der Waals surface area (Å²) in [6.07, 6.45) is 4.35. The molecule has 0 amide bonds. The van der Waals surface area contributed by atoms with Crippen molar-refractivity contribution in [1.82, 2.24) is 25.8 Å². The largest absolute Gasteiger partial charge is 0.380 e. The van der Waals surface area contributed by atoms with Crippen LogP contribution in [0.25, 0.3) is 49.0 Å². The normalized spacial score (nSPS) is 20.3. The van der Waals surface area contributed by atoms with Crippen molar-refractivity contribution < 1.29 is 0 Å². The molecule has 3 atom stereocenters. The molecule has 218 valence electrons. The van der Waals surface area contributed by atoms with Crippen molar-refractivity contribution >= 4 is 49.0 Å². The van der Waals surface area contributed by atoms with Gasteiger partial charge < -0.3 is 9.88 Å². The molecule has 7 aromatic rings. The molecule has 0 spiro atoms. The van der Waals surface area contributed by atoms with Gasteiger partial charge in [0.1, 0.15) is 6.17 Å². The number of nitrogens with zero attached hydrogens (tertiary/aromatic N) is 1. The predicted octanol–water partition coefficient (Wildman–Crippen LogP) is 7.94. The van der Waals surface area contributed by atoms with E-state index in [1.165, 1.54) is 60.2 Å². The van der Waals surface area contributed by atoms with Crippen LogP contribution in [0.4, 0.5) is 0 Å². The van der Waals surface area contributed by atoms with Gasteiger partial charge >= 0.3 is 0 Å². The van der Waals surface area contributed by atoms with E-state index in [2.05, 4.69) is 171 Å². The highest BCUT2D eigenvalue weighted by Gasteiger charge is 2.32. The van der Waals surface area contributed by atoms with Crippen LogP contribution in [0, 0.1) is 0 Å². The first-order valence-electron chi connectivity index (χ1n) is 15.7. The Kier molecular flexibility index (Phi) is 6.27. The first-order valence-corrected chi connectivity index (χ1v) is 15.7. The van der Waals surface area contributed by atoms with Crippen LogP contribution in [0.15, 0.2) is 151 Å². The quantitative estimate of drug-likeness (QED) is 0.170.